The lowest BCUT2D eigenvalue weighted by Gasteiger charge is -2.22. The molecule has 0 amide bonds. The van der Waals surface area contributed by atoms with Gasteiger partial charge in [-0.3, -0.25) is 4.57 Å². The normalized spacial score (nSPS) is 15.3. The second-order valence-corrected chi connectivity index (χ2v) is 6.09. The first-order valence-corrected chi connectivity index (χ1v) is 9.05. The van der Waals surface area contributed by atoms with Gasteiger partial charge in [0.2, 0.25) is 0 Å². The Kier molecular flexibility index (Phi) is 6.45. The SMILES string of the molecule is CCOCCOc1nc(NC)c2nc(OC)n(CC3CCOCC3)c2n1. The highest BCUT2D eigenvalue weighted by atomic mass is 16.5. The molecule has 1 aliphatic heterocycles. The van der Waals surface area contributed by atoms with Gasteiger partial charge in [0.25, 0.3) is 6.01 Å². The lowest BCUT2D eigenvalue weighted by atomic mass is 10.0. The molecule has 9 heteroatoms. The fraction of sp³-hybridized carbons (Fsp3) is 0.706. The van der Waals surface area contributed by atoms with Crippen LogP contribution in [0.5, 0.6) is 12.0 Å². The third-order valence-corrected chi connectivity index (χ3v) is 4.40. The molecule has 26 heavy (non-hydrogen) atoms. The van der Waals surface area contributed by atoms with Crippen molar-refractivity contribution >= 4 is 17.0 Å². The molecule has 144 valence electrons. The largest absolute Gasteiger partial charge is 0.468 e. The van der Waals surface area contributed by atoms with E-state index in [1.54, 1.807) is 14.2 Å². The molecule has 1 saturated heterocycles. The van der Waals surface area contributed by atoms with Crippen molar-refractivity contribution in [3.8, 4) is 12.0 Å². The molecule has 3 rings (SSSR count). The van der Waals surface area contributed by atoms with Crippen LogP contribution in [0.2, 0.25) is 0 Å². The number of nitrogens with zero attached hydrogens (tertiary/aromatic N) is 4. The fourth-order valence-electron chi connectivity index (χ4n) is 3.04. The molecule has 2 aromatic rings. The van der Waals surface area contributed by atoms with Crippen LogP contribution in [0.25, 0.3) is 11.2 Å². The predicted molar refractivity (Wildman–Crippen MR) is 97.0 cm³/mol. The van der Waals surface area contributed by atoms with E-state index in [9.17, 15) is 0 Å². The molecule has 0 aromatic carbocycles. The molecule has 1 aliphatic rings. The van der Waals surface area contributed by atoms with E-state index in [1.165, 1.54) is 0 Å². The number of aromatic nitrogens is 4. The zero-order valence-electron chi connectivity index (χ0n) is 15.7. The Hall–Kier alpha value is -2.13. The number of hydrogen-bond donors (Lipinski definition) is 1. The first-order valence-electron chi connectivity index (χ1n) is 9.05. The Morgan fingerprint density at radius 3 is 2.69 bits per heavy atom. The van der Waals surface area contributed by atoms with Crippen molar-refractivity contribution in [3.63, 3.8) is 0 Å². The average molecular weight is 365 g/mol. The summed E-state index contributed by atoms with van der Waals surface area (Å²) in [6.45, 7) is 5.86. The predicted octanol–water partition coefficient (Wildman–Crippen LogP) is 1.72. The van der Waals surface area contributed by atoms with Crippen molar-refractivity contribution < 1.29 is 18.9 Å². The molecule has 1 fully saturated rings. The summed E-state index contributed by atoms with van der Waals surface area (Å²) < 4.78 is 23.9. The van der Waals surface area contributed by atoms with Gasteiger partial charge in [-0.2, -0.15) is 15.0 Å². The topological polar surface area (TPSA) is 92.6 Å². The molecule has 0 atom stereocenters. The van der Waals surface area contributed by atoms with Gasteiger partial charge in [0.15, 0.2) is 17.0 Å². The molecule has 0 bridgehead atoms. The summed E-state index contributed by atoms with van der Waals surface area (Å²) in [4.78, 5) is 13.5. The van der Waals surface area contributed by atoms with E-state index in [1.807, 2.05) is 11.5 Å². The molecular weight excluding hydrogens is 338 g/mol. The zero-order valence-corrected chi connectivity index (χ0v) is 15.7. The third-order valence-electron chi connectivity index (χ3n) is 4.40. The number of fused-ring (bicyclic) bond motifs is 1. The number of methoxy groups -OCH3 is 1. The molecule has 0 spiro atoms. The number of ether oxygens (including phenoxy) is 4. The second kappa shape index (κ2) is 9.00. The van der Waals surface area contributed by atoms with Gasteiger partial charge in [-0.05, 0) is 25.7 Å². The summed E-state index contributed by atoms with van der Waals surface area (Å²) in [5, 5.41) is 3.07. The molecule has 3 heterocycles. The van der Waals surface area contributed by atoms with Crippen LogP contribution in [0.3, 0.4) is 0 Å². The molecule has 2 aromatic heterocycles. The van der Waals surface area contributed by atoms with E-state index in [4.69, 9.17) is 18.9 Å². The fourth-order valence-corrected chi connectivity index (χ4v) is 3.04. The van der Waals surface area contributed by atoms with Crippen LogP contribution in [0.15, 0.2) is 0 Å². The van der Waals surface area contributed by atoms with Crippen LogP contribution in [-0.4, -0.2) is 66.7 Å². The standard InChI is InChI=1S/C17H27N5O4/c1-4-24-9-10-26-16-20-14(18-2)13-15(21-16)22(17(19-13)23-3)11-12-5-7-25-8-6-12/h12H,4-11H2,1-3H3,(H,18,20,21). The highest BCUT2D eigenvalue weighted by molar-refractivity contribution is 5.84. The molecular formula is C17H27N5O4. The van der Waals surface area contributed by atoms with Crippen LogP contribution < -0.4 is 14.8 Å². The summed E-state index contributed by atoms with van der Waals surface area (Å²) in [5.74, 6) is 1.12. The van der Waals surface area contributed by atoms with Crippen LogP contribution in [0.1, 0.15) is 19.8 Å². The average Bonchev–Trinajstić information content (AvgIpc) is 3.03. The number of anilines is 1. The van der Waals surface area contributed by atoms with Gasteiger partial charge in [0.1, 0.15) is 6.61 Å². The molecule has 0 saturated carbocycles. The van der Waals surface area contributed by atoms with Gasteiger partial charge in [0.05, 0.1) is 13.7 Å². The highest BCUT2D eigenvalue weighted by Gasteiger charge is 2.22. The lowest BCUT2D eigenvalue weighted by molar-refractivity contribution is 0.0608. The monoisotopic (exact) mass is 365 g/mol. The van der Waals surface area contributed by atoms with Crippen LogP contribution in [-0.2, 0) is 16.0 Å². The first-order chi connectivity index (χ1) is 12.8. The summed E-state index contributed by atoms with van der Waals surface area (Å²) in [7, 11) is 3.42. The van der Waals surface area contributed by atoms with Crippen LogP contribution in [0, 0.1) is 5.92 Å². The maximum atomic E-state index is 5.66. The minimum atomic E-state index is 0.303. The maximum Gasteiger partial charge on any atom is 0.320 e. The van der Waals surface area contributed by atoms with Crippen molar-refractivity contribution in [2.24, 2.45) is 5.92 Å². The molecule has 1 N–H and O–H groups in total. The van der Waals surface area contributed by atoms with Crippen molar-refractivity contribution in [1.29, 1.82) is 0 Å². The molecule has 0 radical (unpaired) electrons. The Balaban J connectivity index is 1.90. The number of imidazole rings is 1. The lowest BCUT2D eigenvalue weighted by Crippen LogP contribution is -2.21. The van der Waals surface area contributed by atoms with E-state index in [0.717, 1.165) is 32.6 Å². The minimum Gasteiger partial charge on any atom is -0.468 e. The van der Waals surface area contributed by atoms with Crippen LogP contribution >= 0.6 is 0 Å². The summed E-state index contributed by atoms with van der Waals surface area (Å²) >= 11 is 0. The van der Waals surface area contributed by atoms with E-state index in [0.29, 0.717) is 54.7 Å². The van der Waals surface area contributed by atoms with Gasteiger partial charge in [-0.15, -0.1) is 0 Å². The Morgan fingerprint density at radius 1 is 1.19 bits per heavy atom. The van der Waals surface area contributed by atoms with E-state index < -0.39 is 0 Å². The van der Waals surface area contributed by atoms with Gasteiger partial charge < -0.3 is 24.3 Å². The van der Waals surface area contributed by atoms with E-state index in [2.05, 4.69) is 20.3 Å². The van der Waals surface area contributed by atoms with Crippen LogP contribution in [0.4, 0.5) is 5.82 Å². The molecule has 0 aliphatic carbocycles. The quantitative estimate of drug-likeness (QED) is 0.672. The second-order valence-electron chi connectivity index (χ2n) is 6.09. The number of rotatable bonds is 9. The van der Waals surface area contributed by atoms with Gasteiger partial charge in [0, 0.05) is 33.4 Å². The maximum absolute atomic E-state index is 5.66. The zero-order chi connectivity index (χ0) is 18.4. The first kappa shape index (κ1) is 18.7. The van der Waals surface area contributed by atoms with Gasteiger partial charge in [-0.25, -0.2) is 0 Å². The van der Waals surface area contributed by atoms with Crippen molar-refractivity contribution in [3.05, 3.63) is 0 Å². The summed E-state index contributed by atoms with van der Waals surface area (Å²) in [5.41, 5.74) is 1.38. The van der Waals surface area contributed by atoms with Crippen molar-refractivity contribution in [2.45, 2.75) is 26.3 Å². The van der Waals surface area contributed by atoms with Crippen molar-refractivity contribution in [1.82, 2.24) is 19.5 Å². The highest BCUT2D eigenvalue weighted by Crippen LogP contribution is 2.29. The molecule has 9 nitrogen and oxygen atoms in total. The Bertz CT molecular complexity index is 715. The minimum absolute atomic E-state index is 0.303. The Morgan fingerprint density at radius 2 is 2.00 bits per heavy atom. The molecule has 0 unspecified atom stereocenters. The summed E-state index contributed by atoms with van der Waals surface area (Å²) in [6.07, 6.45) is 2.04. The van der Waals surface area contributed by atoms with E-state index in [-0.39, 0.29) is 0 Å². The van der Waals surface area contributed by atoms with Gasteiger partial charge in [-0.1, -0.05) is 0 Å². The smallest absolute Gasteiger partial charge is 0.320 e. The third kappa shape index (κ3) is 4.16. The Labute approximate surface area is 153 Å². The number of nitrogens with one attached hydrogen (secondary N) is 1. The van der Waals surface area contributed by atoms with E-state index >= 15 is 0 Å². The van der Waals surface area contributed by atoms with Crippen molar-refractivity contribution in [2.75, 3.05) is 52.5 Å². The summed E-state index contributed by atoms with van der Waals surface area (Å²) in [6, 6.07) is 0.834. The number of hydrogen-bond acceptors (Lipinski definition) is 8. The van der Waals surface area contributed by atoms with Gasteiger partial charge >= 0.3 is 6.01 Å².